The summed E-state index contributed by atoms with van der Waals surface area (Å²) < 4.78 is 5.69. The third kappa shape index (κ3) is 3.30. The van der Waals surface area contributed by atoms with Crippen LogP contribution in [0.25, 0.3) is 10.8 Å². The summed E-state index contributed by atoms with van der Waals surface area (Å²) in [7, 11) is 1.64. The van der Waals surface area contributed by atoms with E-state index in [4.69, 9.17) is 4.74 Å². The summed E-state index contributed by atoms with van der Waals surface area (Å²) in [5.74, 6) is 1.11. The number of nitriles is 1. The summed E-state index contributed by atoms with van der Waals surface area (Å²) >= 11 is 1.56. The number of ether oxygens (including phenoxy) is 1. The maximum atomic E-state index is 13.4. The molecule has 0 spiro atoms. The Labute approximate surface area is 191 Å². The van der Waals surface area contributed by atoms with Crippen molar-refractivity contribution in [2.75, 3.05) is 24.6 Å². The van der Waals surface area contributed by atoms with Crippen molar-refractivity contribution in [1.82, 2.24) is 4.90 Å². The van der Waals surface area contributed by atoms with Crippen LogP contribution in [0.2, 0.25) is 0 Å². The molecule has 0 radical (unpaired) electrons. The van der Waals surface area contributed by atoms with Gasteiger partial charge in [-0.2, -0.15) is 5.26 Å². The first kappa shape index (κ1) is 20.5. The number of thioether (sulfide) groups is 1. The zero-order valence-corrected chi connectivity index (χ0v) is 18.9. The third-order valence-corrected chi connectivity index (χ3v) is 7.40. The Kier molecular flexibility index (Phi) is 5.28. The molecule has 5 nitrogen and oxygen atoms in total. The number of hydrogen-bond donors (Lipinski definition) is 0. The number of methoxy groups -OCH3 is 1. The van der Waals surface area contributed by atoms with Crippen molar-refractivity contribution in [3.05, 3.63) is 82.4 Å². The van der Waals surface area contributed by atoms with Crippen molar-refractivity contribution in [3.63, 3.8) is 0 Å². The molecule has 32 heavy (non-hydrogen) atoms. The van der Waals surface area contributed by atoms with Gasteiger partial charge in [-0.15, -0.1) is 0 Å². The van der Waals surface area contributed by atoms with E-state index in [1.807, 2.05) is 48.5 Å². The fraction of sp³-hybridized carbons (Fsp3) is 0.231. The Morgan fingerprint density at radius 1 is 1.09 bits per heavy atom. The molecule has 5 rings (SSSR count). The van der Waals surface area contributed by atoms with E-state index < -0.39 is 0 Å². The summed E-state index contributed by atoms with van der Waals surface area (Å²) in [6, 6.07) is 22.6. The molecule has 160 valence electrons. The van der Waals surface area contributed by atoms with Gasteiger partial charge in [0.05, 0.1) is 36.3 Å². The molecular formula is C26H23N3O2S. The number of amides is 1. The van der Waals surface area contributed by atoms with Gasteiger partial charge in [0, 0.05) is 23.6 Å². The van der Waals surface area contributed by atoms with Crippen molar-refractivity contribution in [1.29, 1.82) is 5.26 Å². The van der Waals surface area contributed by atoms with Gasteiger partial charge in [0.2, 0.25) is 5.91 Å². The van der Waals surface area contributed by atoms with Crippen LogP contribution in [0.5, 0.6) is 5.75 Å². The van der Waals surface area contributed by atoms with Crippen molar-refractivity contribution < 1.29 is 9.53 Å². The first-order valence-corrected chi connectivity index (χ1v) is 11.5. The average Bonchev–Trinajstić information content (AvgIpc) is 2.83. The first-order chi connectivity index (χ1) is 15.6. The Bertz CT molecular complexity index is 1290. The van der Waals surface area contributed by atoms with E-state index in [2.05, 4.69) is 30.0 Å². The predicted octanol–water partition coefficient (Wildman–Crippen LogP) is 5.38. The second-order valence-corrected chi connectivity index (χ2v) is 8.99. The number of aryl methyl sites for hydroxylation is 1. The minimum absolute atomic E-state index is 0.0322. The van der Waals surface area contributed by atoms with Crippen LogP contribution >= 0.6 is 11.8 Å². The molecular weight excluding hydrogens is 418 g/mol. The second-order valence-electron chi connectivity index (χ2n) is 8.05. The Morgan fingerprint density at radius 2 is 1.88 bits per heavy atom. The number of allylic oxidation sites excluding steroid dienone is 1. The van der Waals surface area contributed by atoms with Crippen LogP contribution in [-0.4, -0.2) is 30.5 Å². The average molecular weight is 442 g/mol. The van der Waals surface area contributed by atoms with Crippen LogP contribution in [0.4, 0.5) is 5.69 Å². The molecule has 0 aromatic heterocycles. The highest BCUT2D eigenvalue weighted by Gasteiger charge is 2.40. The monoisotopic (exact) mass is 441 g/mol. The lowest BCUT2D eigenvalue weighted by Crippen LogP contribution is -2.47. The van der Waals surface area contributed by atoms with E-state index in [9.17, 15) is 10.1 Å². The maximum absolute atomic E-state index is 13.4. The quantitative estimate of drug-likeness (QED) is 0.546. The molecule has 2 aliphatic heterocycles. The fourth-order valence-electron chi connectivity index (χ4n) is 4.69. The molecule has 6 heteroatoms. The molecule has 2 aliphatic rings. The lowest BCUT2D eigenvalue weighted by atomic mass is 9.83. The second kappa shape index (κ2) is 8.25. The van der Waals surface area contributed by atoms with Gasteiger partial charge in [0.25, 0.3) is 0 Å². The third-order valence-electron chi connectivity index (χ3n) is 6.25. The molecule has 3 aromatic carbocycles. The summed E-state index contributed by atoms with van der Waals surface area (Å²) in [4.78, 5) is 17.3. The van der Waals surface area contributed by atoms with Crippen molar-refractivity contribution in [2.24, 2.45) is 0 Å². The highest BCUT2D eigenvalue weighted by molar-refractivity contribution is 8.03. The van der Waals surface area contributed by atoms with E-state index in [0.29, 0.717) is 23.9 Å². The molecule has 3 aromatic rings. The Hall–Kier alpha value is -3.43. The molecule has 0 bridgehead atoms. The molecule has 0 unspecified atom stereocenters. The van der Waals surface area contributed by atoms with Gasteiger partial charge in [-0.25, -0.2) is 0 Å². The summed E-state index contributed by atoms with van der Waals surface area (Å²) in [5.41, 5.74) is 3.85. The predicted molar refractivity (Wildman–Crippen MR) is 128 cm³/mol. The molecule has 1 amide bonds. The standard InChI is InChI=1S/C26H23N3O2S/c1-17-7-3-6-10-22(17)28-15-29-24(30)13-20(21(14-27)26(29)32-16-28)25-19-9-5-4-8-18(19)11-12-23(25)31-2/h3-12,20H,13,15-16H2,1-2H3/t20-/m0/s1. The van der Waals surface area contributed by atoms with Crippen LogP contribution in [0.15, 0.2) is 71.3 Å². The van der Waals surface area contributed by atoms with Crippen LogP contribution in [0.3, 0.4) is 0 Å². The number of nitrogens with zero attached hydrogens (tertiary/aromatic N) is 3. The first-order valence-electron chi connectivity index (χ1n) is 10.6. The molecule has 0 saturated carbocycles. The lowest BCUT2D eigenvalue weighted by molar-refractivity contribution is -0.129. The number of para-hydroxylation sites is 1. The summed E-state index contributed by atoms with van der Waals surface area (Å²) in [6.45, 7) is 2.53. The normalized spacial score (nSPS) is 18.5. The Balaban J connectivity index is 1.59. The minimum atomic E-state index is -0.322. The van der Waals surface area contributed by atoms with Crippen LogP contribution in [0.1, 0.15) is 23.5 Å². The van der Waals surface area contributed by atoms with E-state index in [1.54, 1.807) is 23.8 Å². The number of benzene rings is 3. The van der Waals surface area contributed by atoms with Gasteiger partial charge < -0.3 is 9.64 Å². The van der Waals surface area contributed by atoms with E-state index >= 15 is 0 Å². The van der Waals surface area contributed by atoms with Gasteiger partial charge in [-0.05, 0) is 35.4 Å². The summed E-state index contributed by atoms with van der Waals surface area (Å²) in [6.07, 6.45) is 0.249. The largest absolute Gasteiger partial charge is 0.496 e. The van der Waals surface area contributed by atoms with Gasteiger partial charge in [-0.3, -0.25) is 9.69 Å². The Morgan fingerprint density at radius 3 is 2.66 bits per heavy atom. The molecule has 1 saturated heterocycles. The number of carbonyl (C=O) groups excluding carboxylic acids is 1. The number of hydrogen-bond acceptors (Lipinski definition) is 5. The van der Waals surface area contributed by atoms with Gasteiger partial charge in [-0.1, -0.05) is 60.3 Å². The maximum Gasteiger partial charge on any atom is 0.229 e. The molecule has 1 fully saturated rings. The van der Waals surface area contributed by atoms with E-state index in [1.165, 1.54) is 5.56 Å². The fourth-order valence-corrected chi connectivity index (χ4v) is 5.85. The lowest BCUT2D eigenvalue weighted by Gasteiger charge is -2.42. The van der Waals surface area contributed by atoms with E-state index in [-0.39, 0.29) is 18.2 Å². The van der Waals surface area contributed by atoms with Crippen LogP contribution in [0, 0.1) is 18.3 Å². The van der Waals surface area contributed by atoms with E-state index in [0.717, 1.165) is 27.1 Å². The number of rotatable bonds is 3. The number of anilines is 1. The molecule has 2 heterocycles. The SMILES string of the molecule is COc1ccc2ccccc2c1[C@H]1CC(=O)N2CN(c3ccccc3C)CSC2=C1C#N. The highest BCUT2D eigenvalue weighted by atomic mass is 32.2. The molecule has 0 aliphatic carbocycles. The van der Waals surface area contributed by atoms with Crippen LogP contribution < -0.4 is 9.64 Å². The van der Waals surface area contributed by atoms with Crippen molar-refractivity contribution in [3.8, 4) is 11.8 Å². The zero-order valence-electron chi connectivity index (χ0n) is 18.0. The summed E-state index contributed by atoms with van der Waals surface area (Å²) in [5, 5.41) is 13.1. The van der Waals surface area contributed by atoms with Crippen LogP contribution in [-0.2, 0) is 4.79 Å². The van der Waals surface area contributed by atoms with Gasteiger partial charge >= 0.3 is 0 Å². The van der Waals surface area contributed by atoms with Gasteiger partial charge in [0.1, 0.15) is 5.75 Å². The minimum Gasteiger partial charge on any atom is -0.496 e. The zero-order chi connectivity index (χ0) is 22.2. The van der Waals surface area contributed by atoms with Crippen molar-refractivity contribution >= 4 is 34.1 Å². The number of carbonyl (C=O) groups is 1. The van der Waals surface area contributed by atoms with Gasteiger partial charge in [0.15, 0.2) is 0 Å². The molecule has 1 atom stereocenters. The smallest absolute Gasteiger partial charge is 0.229 e. The topological polar surface area (TPSA) is 56.6 Å². The number of fused-ring (bicyclic) bond motifs is 2. The van der Waals surface area contributed by atoms with Crippen molar-refractivity contribution in [2.45, 2.75) is 19.3 Å². The highest BCUT2D eigenvalue weighted by Crippen LogP contribution is 2.47. The molecule has 0 N–H and O–H groups in total.